The van der Waals surface area contributed by atoms with Gasteiger partial charge >= 0.3 is 59.7 Å². The van der Waals surface area contributed by atoms with Crippen LogP contribution >= 0.6 is 0 Å². The number of hydrogen-bond donors (Lipinski definition) is 10. The molecular formula is C20H30NbO20. The Balaban J connectivity index is -0.0000000928. The van der Waals surface area contributed by atoms with Crippen molar-refractivity contribution in [2.45, 2.75) is 64.2 Å². The summed E-state index contributed by atoms with van der Waals surface area (Å²) in [7, 11) is 0. The first-order valence-corrected chi connectivity index (χ1v) is 10.3. The molecule has 0 rings (SSSR count). The third-order valence-electron chi connectivity index (χ3n) is 2.76. The van der Waals surface area contributed by atoms with Crippen LogP contribution in [0.3, 0.4) is 0 Å². The normalized spacial score (nSPS) is 8.29. The van der Waals surface area contributed by atoms with E-state index in [1.807, 2.05) is 0 Å². The van der Waals surface area contributed by atoms with E-state index in [1.54, 1.807) is 0 Å². The maximum atomic E-state index is 9.64. The second-order valence-corrected chi connectivity index (χ2v) is 6.44. The first-order chi connectivity index (χ1) is 18.1. The number of carboxylic acid groups (broad SMARTS) is 10. The van der Waals surface area contributed by atoms with Crippen LogP contribution in [0, 0.1) is 0 Å². The van der Waals surface area contributed by atoms with Crippen LogP contribution in [-0.2, 0) is 70.3 Å². The Kier molecular flexibility index (Phi) is 40.3. The summed E-state index contributed by atoms with van der Waals surface area (Å²) in [5.74, 6) is -10.8. The number of hydrogen-bond acceptors (Lipinski definition) is 10. The molecule has 0 aromatic carbocycles. The second kappa shape index (κ2) is 33.5. The van der Waals surface area contributed by atoms with Crippen molar-refractivity contribution in [1.82, 2.24) is 0 Å². The largest absolute Gasteiger partial charge is 0.481 e. The molecule has 0 unspecified atom stereocenters. The van der Waals surface area contributed by atoms with Gasteiger partial charge in [-0.25, -0.2) is 0 Å². The molecule has 0 aromatic rings. The summed E-state index contributed by atoms with van der Waals surface area (Å²) in [5.41, 5.74) is 0. The van der Waals surface area contributed by atoms with Gasteiger partial charge in [-0.1, -0.05) is 0 Å². The van der Waals surface area contributed by atoms with Gasteiger partial charge in [-0.15, -0.1) is 0 Å². The maximum Gasteiger partial charge on any atom is 0.303 e. The van der Waals surface area contributed by atoms with Crippen molar-refractivity contribution in [2.24, 2.45) is 0 Å². The molecule has 41 heavy (non-hydrogen) atoms. The van der Waals surface area contributed by atoms with Crippen molar-refractivity contribution in [3.8, 4) is 0 Å². The molecule has 20 nitrogen and oxygen atoms in total. The average molecular weight is 683 g/mol. The fraction of sp³-hybridized carbons (Fsp3) is 0.500. The molecule has 10 N–H and O–H groups in total. The number of aliphatic carboxylic acids is 10. The SMILES string of the molecule is O=C(O)CCC(=O)O.O=C(O)CCC(=O)O.O=C(O)CCC(=O)O.O=C(O)CCC(=O)O.O=C(O)CCC(=O)O.[Nb]. The zero-order valence-electron chi connectivity index (χ0n) is 21.1. The molecule has 21 heteroatoms. The van der Waals surface area contributed by atoms with E-state index < -0.39 is 59.7 Å². The van der Waals surface area contributed by atoms with E-state index in [0.29, 0.717) is 0 Å². The molecule has 0 saturated heterocycles. The summed E-state index contributed by atoms with van der Waals surface area (Å²) in [6, 6.07) is 0. The number of rotatable bonds is 15. The van der Waals surface area contributed by atoms with Gasteiger partial charge in [-0.05, 0) is 0 Å². The zero-order chi connectivity index (χ0) is 32.8. The topological polar surface area (TPSA) is 373 Å². The van der Waals surface area contributed by atoms with Crippen LogP contribution < -0.4 is 0 Å². The molecule has 0 atom stereocenters. The van der Waals surface area contributed by atoms with Gasteiger partial charge in [-0.2, -0.15) is 0 Å². The monoisotopic (exact) mass is 683 g/mol. The Morgan fingerprint density at radius 1 is 0.220 bits per heavy atom. The van der Waals surface area contributed by atoms with Crippen molar-refractivity contribution in [3.05, 3.63) is 0 Å². The minimum absolute atomic E-state index is 0. The predicted molar refractivity (Wildman–Crippen MR) is 123 cm³/mol. The molecular weight excluding hydrogens is 653 g/mol. The van der Waals surface area contributed by atoms with Crippen molar-refractivity contribution in [3.63, 3.8) is 0 Å². The van der Waals surface area contributed by atoms with E-state index >= 15 is 0 Å². The van der Waals surface area contributed by atoms with E-state index in [4.69, 9.17) is 51.1 Å². The van der Waals surface area contributed by atoms with Crippen molar-refractivity contribution in [1.29, 1.82) is 0 Å². The predicted octanol–water partition coefficient (Wildman–Crippen LogP) is -0.323. The first kappa shape index (κ1) is 49.4. The van der Waals surface area contributed by atoms with Gasteiger partial charge in [0.2, 0.25) is 0 Å². The minimum Gasteiger partial charge on any atom is -0.481 e. The summed E-state index contributed by atoms with van der Waals surface area (Å²) >= 11 is 0. The molecule has 0 aliphatic rings. The number of carbonyl (C=O) groups is 10. The van der Waals surface area contributed by atoms with Gasteiger partial charge in [0.15, 0.2) is 0 Å². The van der Waals surface area contributed by atoms with Crippen LogP contribution in [-0.4, -0.2) is 111 Å². The van der Waals surface area contributed by atoms with Crippen LogP contribution in [0.4, 0.5) is 0 Å². The van der Waals surface area contributed by atoms with Crippen LogP contribution in [0.1, 0.15) is 64.2 Å². The van der Waals surface area contributed by atoms with E-state index in [9.17, 15) is 47.9 Å². The van der Waals surface area contributed by atoms with Gasteiger partial charge < -0.3 is 51.1 Å². The maximum absolute atomic E-state index is 9.64. The smallest absolute Gasteiger partial charge is 0.303 e. The third-order valence-corrected chi connectivity index (χ3v) is 2.76. The van der Waals surface area contributed by atoms with Crippen molar-refractivity contribution in [2.75, 3.05) is 0 Å². The van der Waals surface area contributed by atoms with Crippen LogP contribution in [0.15, 0.2) is 0 Å². The molecule has 0 saturated carbocycles. The fourth-order valence-corrected chi connectivity index (χ4v) is 1.07. The van der Waals surface area contributed by atoms with Crippen LogP contribution in [0.5, 0.6) is 0 Å². The molecule has 0 aromatic heterocycles. The molecule has 1 radical (unpaired) electrons. The van der Waals surface area contributed by atoms with Gasteiger partial charge in [-0.3, -0.25) is 47.9 Å². The van der Waals surface area contributed by atoms with Crippen LogP contribution in [0.2, 0.25) is 0 Å². The summed E-state index contributed by atoms with van der Waals surface area (Å²) in [5, 5.41) is 79.0. The quantitative estimate of drug-likeness (QED) is 0.0988. The Labute approximate surface area is 245 Å². The summed E-state index contributed by atoms with van der Waals surface area (Å²) < 4.78 is 0. The van der Waals surface area contributed by atoms with Crippen molar-refractivity contribution < 1.29 is 121 Å². The van der Waals surface area contributed by atoms with Gasteiger partial charge in [0.1, 0.15) is 0 Å². The molecule has 0 spiro atoms. The van der Waals surface area contributed by atoms with Gasteiger partial charge in [0, 0.05) is 22.4 Å². The molecule has 235 valence electrons. The van der Waals surface area contributed by atoms with E-state index in [-0.39, 0.29) is 86.6 Å². The molecule has 0 fully saturated rings. The van der Waals surface area contributed by atoms with Gasteiger partial charge in [0.25, 0.3) is 0 Å². The molecule has 0 aliphatic carbocycles. The third kappa shape index (κ3) is 94.9. The Morgan fingerprint density at radius 3 is 0.293 bits per heavy atom. The first-order valence-electron chi connectivity index (χ1n) is 10.3. The summed E-state index contributed by atoms with van der Waals surface area (Å²) in [6.07, 6.45) is -2.96. The fourth-order valence-electron chi connectivity index (χ4n) is 1.07. The average Bonchev–Trinajstić information content (AvgIpc) is 2.79. The van der Waals surface area contributed by atoms with Crippen molar-refractivity contribution >= 4 is 59.7 Å². The molecule has 0 bridgehead atoms. The summed E-state index contributed by atoms with van der Waals surface area (Å²) in [4.78, 5) is 96.4. The van der Waals surface area contributed by atoms with E-state index in [1.165, 1.54) is 0 Å². The Hall–Kier alpha value is -4.56. The molecule has 0 aliphatic heterocycles. The van der Waals surface area contributed by atoms with E-state index in [0.717, 1.165) is 0 Å². The second-order valence-electron chi connectivity index (χ2n) is 6.44. The van der Waals surface area contributed by atoms with E-state index in [2.05, 4.69) is 0 Å². The molecule has 0 heterocycles. The van der Waals surface area contributed by atoms with Gasteiger partial charge in [0.05, 0.1) is 64.2 Å². The van der Waals surface area contributed by atoms with Crippen LogP contribution in [0.25, 0.3) is 0 Å². The molecule has 0 amide bonds. The zero-order valence-corrected chi connectivity index (χ0v) is 23.3. The standard InChI is InChI=1S/5C4H6O4.Nb/c5*5-3(6)1-2-4(7)8;/h5*1-2H2,(H,5,6)(H,7,8);. The summed E-state index contributed by atoms with van der Waals surface area (Å²) in [6.45, 7) is 0. The number of carboxylic acids is 10. The Bertz CT molecular complexity index is 632. The Morgan fingerprint density at radius 2 is 0.268 bits per heavy atom. The minimum atomic E-state index is -1.08.